The first kappa shape index (κ1) is 52.1. The first-order valence-electron chi connectivity index (χ1n) is 13.6. The van der Waals surface area contributed by atoms with Crippen molar-refractivity contribution in [2.75, 3.05) is 20.3 Å². The van der Waals surface area contributed by atoms with Crippen LogP contribution >= 0.6 is 0 Å². The minimum atomic E-state index is -4.72. The Kier molecular flexibility index (Phi) is 31.3. The molecule has 1 aromatic rings. The van der Waals surface area contributed by atoms with E-state index in [1.165, 1.54) is 26.4 Å². The zero-order chi connectivity index (χ0) is 33.8. The van der Waals surface area contributed by atoms with Crippen LogP contribution in [0.3, 0.4) is 0 Å². The van der Waals surface area contributed by atoms with Crippen molar-refractivity contribution < 1.29 is 107 Å². The summed E-state index contributed by atoms with van der Waals surface area (Å²) in [6.07, 6.45) is 1.44. The van der Waals surface area contributed by atoms with Gasteiger partial charge in [-0.1, -0.05) is 13.2 Å². The molecule has 2 fully saturated rings. The van der Waals surface area contributed by atoms with Crippen molar-refractivity contribution >= 4 is 18.5 Å². The largest absolute Gasteiger partial charge is 1.00 e. The number of halogens is 6. The number of carbonyl (C=O) groups is 2. The molecule has 1 aromatic carbocycles. The van der Waals surface area contributed by atoms with E-state index in [2.05, 4.69) is 24.5 Å². The van der Waals surface area contributed by atoms with Crippen LogP contribution in [0.25, 0.3) is 0 Å². The van der Waals surface area contributed by atoms with Gasteiger partial charge >= 0.3 is 62.8 Å². The van der Waals surface area contributed by atoms with E-state index in [9.17, 15) is 35.9 Å². The Balaban J connectivity index is -0.000000320. The molecule has 0 atom stereocenters. The summed E-state index contributed by atoms with van der Waals surface area (Å²) >= 11 is 0. The second kappa shape index (κ2) is 28.2. The molecule has 0 bridgehead atoms. The predicted octanol–water partition coefficient (Wildman–Crippen LogP) is -1.34. The van der Waals surface area contributed by atoms with Gasteiger partial charge in [0.05, 0.1) is 12.9 Å². The molecule has 5 nitrogen and oxygen atoms in total. The maximum Gasteiger partial charge on any atom is 1.00 e. The summed E-state index contributed by atoms with van der Waals surface area (Å²) in [4.78, 5) is 29.9. The molecular weight excluding hydrogens is 611 g/mol. The molecule has 3 rings (SSSR count). The number of allylic oxidation sites excluding steroid dienone is 4. The Morgan fingerprint density at radius 2 is 1.66 bits per heavy atom. The van der Waals surface area contributed by atoms with Crippen LogP contribution in [0.2, 0.25) is 0 Å². The summed E-state index contributed by atoms with van der Waals surface area (Å²) in [6.45, 7) is 17.4. The average Bonchev–Trinajstić information content (AvgIpc) is 3.83. The number of hydrogen-bond acceptors (Lipinski definition) is 5. The van der Waals surface area contributed by atoms with Crippen LogP contribution in [0, 0.1) is 50.7 Å². The molecule has 0 aromatic heterocycles. The third-order valence-electron chi connectivity index (χ3n) is 6.47. The third-order valence-corrected chi connectivity index (χ3v) is 6.47. The van der Waals surface area contributed by atoms with Crippen molar-refractivity contribution in [3.8, 4) is 0 Å². The SMILES string of the molecule is Fc1[c-]ccc(C2CC2)c1.[CH-]=C/C([CH-]C(=O)CCC1CCC(F)(F)CC1)=C(\C=[CH-])C(F)(F)F.[CH-]=O.[CH2-]COC[CH-]C(=O)OC.[Li+].[Li+].[Li+]. The number of ether oxygens (including phenoxy) is 2. The van der Waals surface area contributed by atoms with Crippen molar-refractivity contribution in [3.05, 3.63) is 91.9 Å². The Morgan fingerprint density at radius 3 is 2.09 bits per heavy atom. The van der Waals surface area contributed by atoms with E-state index in [1.54, 1.807) is 12.1 Å². The van der Waals surface area contributed by atoms with Crippen molar-refractivity contribution in [3.63, 3.8) is 0 Å². The van der Waals surface area contributed by atoms with Crippen LogP contribution in [0.1, 0.15) is 62.8 Å². The normalized spacial score (nSPS) is 15.1. The smallest absolute Gasteiger partial charge is 0.545 e. The standard InChI is InChI=1S/C17H18F5O.C9H8F.C6H10O3.CHO.3Li/c1-3-13(15(4-2)17(20,21)22)11-14(23)6-5-12-7-9-16(18,19)10-8-12;10-9-3-1-2-8(6-9)7-4-5-7;1-3-9-5-4-6(7)8-2;1-2;;;/h1-4,11-12H,5-10H2;1-2,6-7H,4-5H2;4H,1,3,5H2,2H3;1H;;;/q-3;-1;-2;-1;3*+1/b15-13-;;;;;;. The Labute approximate surface area is 311 Å². The summed E-state index contributed by atoms with van der Waals surface area (Å²) in [5.41, 5.74) is -0.554. The van der Waals surface area contributed by atoms with Crippen LogP contribution in [0.4, 0.5) is 26.3 Å². The number of Topliss-reactive ketones (excluding diaryl/α,β-unsaturated/α-hetero) is 1. The van der Waals surface area contributed by atoms with Gasteiger partial charge in [-0.25, -0.2) is 25.7 Å². The monoisotopic (exact) mass is 648 g/mol. The van der Waals surface area contributed by atoms with Gasteiger partial charge in [-0.3, -0.25) is 24.6 Å². The van der Waals surface area contributed by atoms with Crippen molar-refractivity contribution in [2.45, 2.75) is 69.4 Å². The number of methoxy groups -OCH3 is 1. The van der Waals surface area contributed by atoms with Gasteiger partial charge in [0.15, 0.2) is 5.97 Å². The molecule has 14 heteroatoms. The van der Waals surface area contributed by atoms with E-state index in [-0.39, 0.29) is 100 Å². The quantitative estimate of drug-likeness (QED) is 0.0535. The molecule has 0 amide bonds. The minimum absolute atomic E-state index is 0. The number of rotatable bonds is 12. The Hall–Kier alpha value is -1.68. The Morgan fingerprint density at radius 1 is 1.09 bits per heavy atom. The van der Waals surface area contributed by atoms with Gasteiger partial charge in [-0.2, -0.15) is 36.4 Å². The van der Waals surface area contributed by atoms with Gasteiger partial charge in [0.2, 0.25) is 5.92 Å². The van der Waals surface area contributed by atoms with E-state index < -0.39 is 29.0 Å². The van der Waals surface area contributed by atoms with E-state index in [1.807, 2.05) is 6.07 Å². The van der Waals surface area contributed by atoms with Gasteiger partial charge in [0.1, 0.15) is 0 Å². The first-order valence-corrected chi connectivity index (χ1v) is 13.6. The molecule has 2 saturated carbocycles. The number of hydrogen-bond donors (Lipinski definition) is 0. The first-order chi connectivity index (χ1) is 20.8. The molecule has 0 spiro atoms. The van der Waals surface area contributed by atoms with E-state index in [0.717, 1.165) is 12.0 Å². The molecule has 0 radical (unpaired) electrons. The summed E-state index contributed by atoms with van der Waals surface area (Å²) in [5.74, 6) is -3.15. The zero-order valence-corrected chi connectivity index (χ0v) is 27.5. The van der Waals surface area contributed by atoms with Crippen LogP contribution in [-0.4, -0.2) is 51.0 Å². The molecule has 0 aliphatic heterocycles. The van der Waals surface area contributed by atoms with Gasteiger partial charge in [0, 0.05) is 18.7 Å². The second-order valence-electron chi connectivity index (χ2n) is 9.70. The predicted molar refractivity (Wildman–Crippen MR) is 153 cm³/mol. The number of esters is 1. The summed E-state index contributed by atoms with van der Waals surface area (Å²) < 4.78 is 85.7. The Bertz CT molecular complexity index is 1070. The average molecular weight is 648 g/mol. The van der Waals surface area contributed by atoms with Crippen LogP contribution in [0.5, 0.6) is 0 Å². The van der Waals surface area contributed by atoms with Crippen molar-refractivity contribution in [2.24, 2.45) is 5.92 Å². The van der Waals surface area contributed by atoms with Gasteiger partial charge in [0.25, 0.3) is 0 Å². The molecule has 2 aliphatic carbocycles. The van der Waals surface area contributed by atoms with Gasteiger partial charge in [-0.05, 0) is 50.4 Å². The third kappa shape index (κ3) is 24.2. The van der Waals surface area contributed by atoms with Crippen LogP contribution in [-0.2, 0) is 23.9 Å². The fraction of sp³-hybridized carbons (Fsp3) is 0.455. The van der Waals surface area contributed by atoms with E-state index >= 15 is 0 Å². The van der Waals surface area contributed by atoms with Gasteiger partial charge < -0.3 is 44.2 Å². The van der Waals surface area contributed by atoms with Crippen molar-refractivity contribution in [1.29, 1.82) is 0 Å². The summed E-state index contributed by atoms with van der Waals surface area (Å²) in [7, 11) is 1.32. The fourth-order valence-electron chi connectivity index (χ4n) is 3.97. The second-order valence-corrected chi connectivity index (χ2v) is 9.70. The molecule has 47 heavy (non-hydrogen) atoms. The topological polar surface area (TPSA) is 69.7 Å². The number of ketones is 1. The number of carbonyl (C=O) groups excluding carboxylic acids is 3. The molecule has 2 aliphatic rings. The minimum Gasteiger partial charge on any atom is -0.545 e. The molecule has 0 heterocycles. The molecular formula is C33H37F6Li3O5-4. The summed E-state index contributed by atoms with van der Waals surface area (Å²) in [5, 5.41) is 0. The zero-order valence-electron chi connectivity index (χ0n) is 27.5. The van der Waals surface area contributed by atoms with Crippen LogP contribution < -0.4 is 56.6 Å². The molecule has 0 unspecified atom stereocenters. The number of alkyl halides is 5. The summed E-state index contributed by atoms with van der Waals surface area (Å²) in [6, 6.07) is 7.67. The van der Waals surface area contributed by atoms with Crippen molar-refractivity contribution in [1.82, 2.24) is 0 Å². The van der Waals surface area contributed by atoms with Crippen LogP contribution in [0.15, 0.2) is 41.5 Å². The maximum absolute atomic E-state index is 13.0. The van der Waals surface area contributed by atoms with E-state index in [4.69, 9.17) is 22.7 Å². The number of benzene rings is 1. The molecule has 0 saturated heterocycles. The van der Waals surface area contributed by atoms with Gasteiger partial charge in [-0.15, -0.1) is 12.1 Å². The maximum atomic E-state index is 13.0. The molecule has 0 N–H and O–H groups in total. The fourth-order valence-corrected chi connectivity index (χ4v) is 3.97. The molecule has 248 valence electrons. The van der Waals surface area contributed by atoms with E-state index in [0.29, 0.717) is 43.9 Å².